The summed E-state index contributed by atoms with van der Waals surface area (Å²) in [7, 11) is 1.82. The summed E-state index contributed by atoms with van der Waals surface area (Å²) in [5.74, 6) is 0.639. The van der Waals surface area contributed by atoms with Crippen LogP contribution in [0.1, 0.15) is 55.6 Å². The average molecular weight is 477 g/mol. The molecule has 0 spiro atoms. The van der Waals surface area contributed by atoms with Crippen molar-refractivity contribution in [2.24, 2.45) is 10.8 Å². The molecule has 2 saturated carbocycles. The molecule has 2 aromatic rings. The zero-order valence-corrected chi connectivity index (χ0v) is 21.1. The van der Waals surface area contributed by atoms with Gasteiger partial charge in [0.25, 0.3) is 0 Å². The lowest BCUT2D eigenvalue weighted by Gasteiger charge is -2.47. The molecule has 0 amide bonds. The minimum Gasteiger partial charge on any atom is -0.460 e. The van der Waals surface area contributed by atoms with Gasteiger partial charge in [0, 0.05) is 37.6 Å². The van der Waals surface area contributed by atoms with Crippen molar-refractivity contribution in [2.45, 2.75) is 57.1 Å². The Morgan fingerprint density at radius 3 is 2.31 bits per heavy atom. The highest BCUT2D eigenvalue weighted by molar-refractivity contribution is 5.78. The molecule has 1 aliphatic heterocycles. The van der Waals surface area contributed by atoms with Crippen LogP contribution >= 0.6 is 0 Å². The summed E-state index contributed by atoms with van der Waals surface area (Å²) < 4.78 is 11.5. The number of rotatable bonds is 11. The van der Waals surface area contributed by atoms with Crippen molar-refractivity contribution in [3.8, 4) is 0 Å². The first-order valence-electron chi connectivity index (χ1n) is 13.3. The van der Waals surface area contributed by atoms with E-state index in [1.807, 2.05) is 37.4 Å². The number of nitrogens with one attached hydrogen (secondary N) is 1. The Hall–Kier alpha value is -2.21. The van der Waals surface area contributed by atoms with Crippen LogP contribution in [0.5, 0.6) is 0 Å². The fraction of sp³-hybridized carbons (Fsp3) is 0.567. The van der Waals surface area contributed by atoms with Gasteiger partial charge in [0.2, 0.25) is 0 Å². The van der Waals surface area contributed by atoms with Crippen LogP contribution in [0.15, 0.2) is 60.7 Å². The van der Waals surface area contributed by atoms with E-state index in [9.17, 15) is 4.79 Å². The number of nitrogens with zero attached hydrogens (tertiary/aromatic N) is 1. The summed E-state index contributed by atoms with van der Waals surface area (Å²) in [4.78, 5) is 15.6. The van der Waals surface area contributed by atoms with Gasteiger partial charge in [-0.15, -0.1) is 0 Å². The van der Waals surface area contributed by atoms with Crippen molar-refractivity contribution in [1.82, 2.24) is 10.2 Å². The van der Waals surface area contributed by atoms with E-state index in [0.717, 1.165) is 70.5 Å². The average Bonchev–Trinajstić information content (AvgIpc) is 3.66. The molecule has 188 valence electrons. The summed E-state index contributed by atoms with van der Waals surface area (Å²) in [5.41, 5.74) is 2.36. The number of piperidine rings is 1. The van der Waals surface area contributed by atoms with Crippen LogP contribution < -0.4 is 5.32 Å². The quantitative estimate of drug-likeness (QED) is 0.473. The number of esters is 1. The normalized spacial score (nSPS) is 24.9. The lowest BCUT2D eigenvalue weighted by molar-refractivity contribution is -0.165. The van der Waals surface area contributed by atoms with Crippen molar-refractivity contribution in [1.29, 1.82) is 0 Å². The maximum atomic E-state index is 13.1. The Kier molecular flexibility index (Phi) is 7.56. The van der Waals surface area contributed by atoms with Crippen LogP contribution in [0.4, 0.5) is 0 Å². The maximum absolute atomic E-state index is 13.1. The molecule has 1 heterocycles. The van der Waals surface area contributed by atoms with E-state index >= 15 is 0 Å². The number of carbonyl (C=O) groups excluding carboxylic acids is 1. The molecular formula is C30H40N2O3. The third-order valence-corrected chi connectivity index (χ3v) is 8.61. The number of methoxy groups -OCH3 is 1. The van der Waals surface area contributed by atoms with Crippen LogP contribution in [-0.4, -0.2) is 56.8 Å². The lowest BCUT2D eigenvalue weighted by Crippen LogP contribution is -2.53. The van der Waals surface area contributed by atoms with Crippen molar-refractivity contribution < 1.29 is 14.3 Å². The van der Waals surface area contributed by atoms with Gasteiger partial charge in [-0.05, 0) is 56.3 Å². The summed E-state index contributed by atoms with van der Waals surface area (Å²) >= 11 is 0. The summed E-state index contributed by atoms with van der Waals surface area (Å²) in [5, 5.41) is 3.86. The Balaban J connectivity index is 1.11. The van der Waals surface area contributed by atoms with Gasteiger partial charge in [-0.25, -0.2) is 0 Å². The molecule has 2 aromatic carbocycles. The molecule has 0 aromatic heterocycles. The van der Waals surface area contributed by atoms with Crippen LogP contribution in [0, 0.1) is 10.8 Å². The Morgan fingerprint density at radius 2 is 1.69 bits per heavy atom. The summed E-state index contributed by atoms with van der Waals surface area (Å²) in [6, 6.07) is 21.4. The first-order chi connectivity index (χ1) is 17.1. The van der Waals surface area contributed by atoms with E-state index < -0.39 is 0 Å². The van der Waals surface area contributed by atoms with E-state index in [0.29, 0.717) is 18.6 Å². The number of carbonyl (C=O) groups is 1. The van der Waals surface area contributed by atoms with Gasteiger partial charge in [0.15, 0.2) is 0 Å². The molecule has 3 fully saturated rings. The summed E-state index contributed by atoms with van der Waals surface area (Å²) in [6.45, 7) is 5.04. The highest BCUT2D eigenvalue weighted by Crippen LogP contribution is 2.45. The van der Waals surface area contributed by atoms with Gasteiger partial charge in [-0.2, -0.15) is 0 Å². The summed E-state index contributed by atoms with van der Waals surface area (Å²) in [6.07, 6.45) is 6.45. The maximum Gasteiger partial charge on any atom is 0.313 e. The van der Waals surface area contributed by atoms with Gasteiger partial charge in [-0.1, -0.05) is 67.1 Å². The van der Waals surface area contributed by atoms with Crippen molar-refractivity contribution in [2.75, 3.05) is 39.9 Å². The largest absolute Gasteiger partial charge is 0.460 e. The molecule has 0 unspecified atom stereocenters. The molecule has 5 rings (SSSR count). The molecular weight excluding hydrogens is 436 g/mol. The van der Waals surface area contributed by atoms with Crippen LogP contribution in [0.2, 0.25) is 0 Å². The van der Waals surface area contributed by atoms with Crippen LogP contribution in [0.25, 0.3) is 0 Å². The monoisotopic (exact) mass is 476 g/mol. The predicted octanol–water partition coefficient (Wildman–Crippen LogP) is 4.77. The second kappa shape index (κ2) is 10.8. The first-order valence-corrected chi connectivity index (χ1v) is 13.3. The molecule has 1 N–H and O–H groups in total. The Labute approximate surface area is 210 Å². The minimum atomic E-state index is -0.314. The standard InChI is InChI=1S/C30H40N2O3/c1-34-23-29(21-31-27-19-26(27)25-11-6-3-7-12-25)15-17-32(18-16-29)22-30(13-8-14-30)28(33)35-20-24-9-4-2-5-10-24/h2-7,9-12,26-27,31H,8,13-23H2,1H3/t26-,27+/m0/s1. The fourth-order valence-electron chi connectivity index (χ4n) is 6.04. The number of benzene rings is 2. The lowest BCUT2D eigenvalue weighted by atomic mass is 9.67. The van der Waals surface area contributed by atoms with E-state index in [1.165, 1.54) is 12.0 Å². The third-order valence-electron chi connectivity index (χ3n) is 8.61. The SMILES string of the molecule is COCC1(CN[C@@H]2C[C@H]2c2ccccc2)CCN(CC2(C(=O)OCc3ccccc3)CCC2)CC1. The Morgan fingerprint density at radius 1 is 1.00 bits per heavy atom. The highest BCUT2D eigenvalue weighted by atomic mass is 16.5. The van der Waals surface area contributed by atoms with Crippen molar-refractivity contribution in [3.05, 3.63) is 71.8 Å². The number of likely N-dealkylation sites (tertiary alicyclic amines) is 1. The number of hydrogen-bond acceptors (Lipinski definition) is 5. The fourth-order valence-corrected chi connectivity index (χ4v) is 6.04. The Bertz CT molecular complexity index is 952. The van der Waals surface area contributed by atoms with Gasteiger partial charge < -0.3 is 19.7 Å². The molecule has 0 radical (unpaired) electrons. The van der Waals surface area contributed by atoms with E-state index in [4.69, 9.17) is 9.47 Å². The zero-order chi connectivity index (χ0) is 24.1. The van der Waals surface area contributed by atoms with Crippen molar-refractivity contribution >= 4 is 5.97 Å². The molecule has 1 saturated heterocycles. The van der Waals surface area contributed by atoms with Gasteiger partial charge in [-0.3, -0.25) is 4.79 Å². The number of ether oxygens (including phenoxy) is 2. The van der Waals surface area contributed by atoms with Gasteiger partial charge in [0.05, 0.1) is 12.0 Å². The van der Waals surface area contributed by atoms with Gasteiger partial charge >= 0.3 is 5.97 Å². The third kappa shape index (κ3) is 5.79. The highest BCUT2D eigenvalue weighted by Gasteiger charge is 2.48. The second-order valence-electron chi connectivity index (χ2n) is 11.1. The minimum absolute atomic E-state index is 0.0105. The molecule has 2 aliphatic carbocycles. The molecule has 35 heavy (non-hydrogen) atoms. The van der Waals surface area contributed by atoms with E-state index in [-0.39, 0.29) is 16.8 Å². The van der Waals surface area contributed by atoms with Gasteiger partial charge in [0.1, 0.15) is 6.61 Å². The van der Waals surface area contributed by atoms with Crippen LogP contribution in [0.3, 0.4) is 0 Å². The topological polar surface area (TPSA) is 50.8 Å². The van der Waals surface area contributed by atoms with E-state index in [2.05, 4.69) is 40.5 Å². The second-order valence-corrected chi connectivity index (χ2v) is 11.1. The molecule has 0 bridgehead atoms. The van der Waals surface area contributed by atoms with Crippen molar-refractivity contribution in [3.63, 3.8) is 0 Å². The molecule has 2 atom stereocenters. The molecule has 5 heteroatoms. The predicted molar refractivity (Wildman–Crippen MR) is 138 cm³/mol. The zero-order valence-electron chi connectivity index (χ0n) is 21.1. The molecule has 5 nitrogen and oxygen atoms in total. The smallest absolute Gasteiger partial charge is 0.313 e. The number of hydrogen-bond donors (Lipinski definition) is 1. The first kappa shape index (κ1) is 24.5. The molecule has 3 aliphatic rings. The van der Waals surface area contributed by atoms with Crippen LogP contribution in [-0.2, 0) is 20.9 Å². The van der Waals surface area contributed by atoms with E-state index in [1.54, 1.807) is 0 Å².